The van der Waals surface area contributed by atoms with Crippen LogP contribution in [0.25, 0.3) is 0 Å². The number of benzene rings is 1. The molecule has 6 heteroatoms. The number of amides is 1. The lowest BCUT2D eigenvalue weighted by molar-refractivity contribution is -0.115. The number of anilines is 1. The van der Waals surface area contributed by atoms with Gasteiger partial charge in [-0.25, -0.2) is 8.42 Å². The molecule has 1 amide bonds. The molecule has 110 valence electrons. The normalized spacial score (nSPS) is 20.8. The monoisotopic (exact) mass is 296 g/mol. The Hall–Kier alpha value is -1.40. The molecule has 1 atom stereocenters. The van der Waals surface area contributed by atoms with Crippen molar-refractivity contribution < 1.29 is 13.2 Å². The van der Waals surface area contributed by atoms with Crippen LogP contribution in [0.2, 0.25) is 0 Å². The third kappa shape index (κ3) is 4.31. The van der Waals surface area contributed by atoms with Crippen LogP contribution in [0.4, 0.5) is 5.69 Å². The molecular formula is C14H20N2O3S. The summed E-state index contributed by atoms with van der Waals surface area (Å²) < 4.78 is 22.6. The van der Waals surface area contributed by atoms with Gasteiger partial charge in [0.05, 0.1) is 18.1 Å². The Morgan fingerprint density at radius 2 is 1.90 bits per heavy atom. The maximum atomic E-state index is 11.8. The molecule has 0 bridgehead atoms. The zero-order valence-electron chi connectivity index (χ0n) is 11.8. The second-order valence-electron chi connectivity index (χ2n) is 5.41. The van der Waals surface area contributed by atoms with Gasteiger partial charge in [-0.2, -0.15) is 0 Å². The van der Waals surface area contributed by atoms with Gasteiger partial charge in [0.1, 0.15) is 0 Å². The van der Waals surface area contributed by atoms with Crippen molar-refractivity contribution in [1.29, 1.82) is 0 Å². The Labute approximate surface area is 119 Å². The van der Waals surface area contributed by atoms with Gasteiger partial charge in [-0.05, 0) is 43.5 Å². The van der Waals surface area contributed by atoms with E-state index in [9.17, 15) is 13.2 Å². The molecule has 1 aromatic rings. The van der Waals surface area contributed by atoms with Gasteiger partial charge < -0.3 is 10.6 Å². The molecule has 5 nitrogen and oxygen atoms in total. The Bertz CT molecular complexity index is 591. The Morgan fingerprint density at radius 1 is 1.25 bits per heavy atom. The summed E-state index contributed by atoms with van der Waals surface area (Å²) >= 11 is 0. The fraction of sp³-hybridized carbons (Fsp3) is 0.500. The van der Waals surface area contributed by atoms with E-state index >= 15 is 0 Å². The number of rotatable bonds is 4. The van der Waals surface area contributed by atoms with E-state index in [4.69, 9.17) is 0 Å². The van der Waals surface area contributed by atoms with Gasteiger partial charge in [-0.15, -0.1) is 0 Å². The molecule has 1 heterocycles. The van der Waals surface area contributed by atoms with Crippen molar-refractivity contribution in [2.45, 2.75) is 26.3 Å². The van der Waals surface area contributed by atoms with E-state index in [1.54, 1.807) is 0 Å². The van der Waals surface area contributed by atoms with Gasteiger partial charge in [0.15, 0.2) is 9.84 Å². The quantitative estimate of drug-likeness (QED) is 0.870. The molecule has 0 radical (unpaired) electrons. The number of hydrogen-bond acceptors (Lipinski definition) is 4. The number of nitrogens with one attached hydrogen (secondary N) is 2. The van der Waals surface area contributed by atoms with Crippen LogP contribution in [0.15, 0.2) is 18.2 Å². The Balaban J connectivity index is 1.84. The molecule has 1 saturated heterocycles. The summed E-state index contributed by atoms with van der Waals surface area (Å²) in [7, 11) is -2.91. The fourth-order valence-electron chi connectivity index (χ4n) is 2.45. The molecule has 1 aliphatic heterocycles. The third-order valence-electron chi connectivity index (χ3n) is 3.29. The predicted molar refractivity (Wildman–Crippen MR) is 79.6 cm³/mol. The molecule has 1 aromatic carbocycles. The van der Waals surface area contributed by atoms with Crippen molar-refractivity contribution in [3.8, 4) is 0 Å². The maximum Gasteiger partial charge on any atom is 0.238 e. The lowest BCUT2D eigenvalue weighted by Crippen LogP contribution is -2.36. The second kappa shape index (κ2) is 5.93. The highest BCUT2D eigenvalue weighted by Crippen LogP contribution is 2.14. The first-order chi connectivity index (χ1) is 9.34. The van der Waals surface area contributed by atoms with Crippen LogP contribution < -0.4 is 10.6 Å². The van der Waals surface area contributed by atoms with E-state index in [1.807, 2.05) is 32.0 Å². The highest BCUT2D eigenvalue weighted by atomic mass is 32.2. The SMILES string of the molecule is Cc1cc(C)cc(NC(=O)CNC2CCS(=O)(=O)C2)c1. The van der Waals surface area contributed by atoms with Crippen molar-refractivity contribution >= 4 is 21.4 Å². The topological polar surface area (TPSA) is 75.3 Å². The summed E-state index contributed by atoms with van der Waals surface area (Å²) in [5.74, 6) is 0.187. The molecule has 0 aliphatic carbocycles. The largest absolute Gasteiger partial charge is 0.325 e. The molecule has 1 fully saturated rings. The number of hydrogen-bond donors (Lipinski definition) is 2. The predicted octanol–water partition coefficient (Wildman–Crippen LogP) is 1.02. The summed E-state index contributed by atoms with van der Waals surface area (Å²) in [5.41, 5.74) is 2.96. The molecule has 2 N–H and O–H groups in total. The van der Waals surface area contributed by atoms with Crippen LogP contribution in [0.5, 0.6) is 0 Å². The minimum absolute atomic E-state index is 0.106. The molecule has 2 rings (SSSR count). The minimum Gasteiger partial charge on any atom is -0.325 e. The van der Waals surface area contributed by atoms with E-state index in [2.05, 4.69) is 10.6 Å². The van der Waals surface area contributed by atoms with Crippen molar-refractivity contribution in [1.82, 2.24) is 5.32 Å². The summed E-state index contributed by atoms with van der Waals surface area (Å²) in [4.78, 5) is 11.8. The van der Waals surface area contributed by atoms with Gasteiger partial charge in [0, 0.05) is 11.7 Å². The number of carbonyl (C=O) groups is 1. The first-order valence-electron chi connectivity index (χ1n) is 6.66. The van der Waals surface area contributed by atoms with Gasteiger partial charge in [-0.1, -0.05) is 6.07 Å². The van der Waals surface area contributed by atoms with Gasteiger partial charge in [0.25, 0.3) is 0 Å². The fourth-order valence-corrected chi connectivity index (χ4v) is 4.15. The second-order valence-corrected chi connectivity index (χ2v) is 7.63. The molecule has 0 saturated carbocycles. The standard InChI is InChI=1S/C14H20N2O3S/c1-10-5-11(2)7-13(6-10)16-14(17)8-15-12-3-4-20(18,19)9-12/h5-7,12,15H,3-4,8-9H2,1-2H3,(H,16,17). The number of sulfone groups is 1. The number of carbonyl (C=O) groups excluding carboxylic acids is 1. The molecule has 0 aromatic heterocycles. The zero-order valence-corrected chi connectivity index (χ0v) is 12.6. The first kappa shape index (κ1) is 15.0. The molecule has 0 spiro atoms. The van der Waals surface area contributed by atoms with Crippen LogP contribution in [-0.2, 0) is 14.6 Å². The third-order valence-corrected chi connectivity index (χ3v) is 5.06. The van der Waals surface area contributed by atoms with Gasteiger partial charge >= 0.3 is 0 Å². The average molecular weight is 296 g/mol. The van der Waals surface area contributed by atoms with Crippen molar-refractivity contribution in [2.75, 3.05) is 23.4 Å². The van der Waals surface area contributed by atoms with Crippen molar-refractivity contribution in [3.05, 3.63) is 29.3 Å². The van der Waals surface area contributed by atoms with Crippen molar-refractivity contribution in [3.63, 3.8) is 0 Å². The van der Waals surface area contributed by atoms with E-state index < -0.39 is 9.84 Å². The molecular weight excluding hydrogens is 276 g/mol. The number of aryl methyl sites for hydroxylation is 2. The average Bonchev–Trinajstić information content (AvgIpc) is 2.65. The van der Waals surface area contributed by atoms with E-state index in [-0.39, 0.29) is 30.0 Å². The minimum atomic E-state index is -2.91. The maximum absolute atomic E-state index is 11.8. The molecule has 20 heavy (non-hydrogen) atoms. The highest BCUT2D eigenvalue weighted by Gasteiger charge is 2.27. The van der Waals surface area contributed by atoms with E-state index in [0.29, 0.717) is 6.42 Å². The summed E-state index contributed by atoms with van der Waals surface area (Å²) in [5, 5.41) is 5.81. The van der Waals surface area contributed by atoms with Crippen LogP contribution >= 0.6 is 0 Å². The highest BCUT2D eigenvalue weighted by molar-refractivity contribution is 7.91. The summed E-state index contributed by atoms with van der Waals surface area (Å²) in [6.07, 6.45) is 0.583. The van der Waals surface area contributed by atoms with E-state index in [1.165, 1.54) is 0 Å². The Kier molecular flexibility index (Phi) is 4.45. The van der Waals surface area contributed by atoms with Gasteiger partial charge in [0.2, 0.25) is 5.91 Å². The molecule has 1 unspecified atom stereocenters. The lowest BCUT2D eigenvalue weighted by Gasteiger charge is -2.11. The van der Waals surface area contributed by atoms with Crippen molar-refractivity contribution in [2.24, 2.45) is 0 Å². The van der Waals surface area contributed by atoms with Crippen LogP contribution in [-0.4, -0.2) is 38.4 Å². The Morgan fingerprint density at radius 3 is 2.45 bits per heavy atom. The smallest absolute Gasteiger partial charge is 0.238 e. The summed E-state index contributed by atoms with van der Waals surface area (Å²) in [6, 6.07) is 5.75. The molecule has 1 aliphatic rings. The lowest BCUT2D eigenvalue weighted by atomic mass is 10.1. The van der Waals surface area contributed by atoms with Crippen LogP contribution in [0, 0.1) is 13.8 Å². The first-order valence-corrected chi connectivity index (χ1v) is 8.48. The van der Waals surface area contributed by atoms with Crippen LogP contribution in [0.1, 0.15) is 17.5 Å². The zero-order chi connectivity index (χ0) is 14.8. The van der Waals surface area contributed by atoms with E-state index in [0.717, 1.165) is 16.8 Å². The van der Waals surface area contributed by atoms with Gasteiger partial charge in [-0.3, -0.25) is 4.79 Å². The summed E-state index contributed by atoms with van der Waals surface area (Å²) in [6.45, 7) is 4.09. The van der Waals surface area contributed by atoms with Crippen LogP contribution in [0.3, 0.4) is 0 Å².